The maximum atomic E-state index is 12.6. The van der Waals surface area contributed by atoms with Crippen LogP contribution in [0.1, 0.15) is 45.3 Å². The van der Waals surface area contributed by atoms with Gasteiger partial charge in [0.1, 0.15) is 5.69 Å². The number of piperidine rings is 1. The molecule has 28 heavy (non-hydrogen) atoms. The van der Waals surface area contributed by atoms with Gasteiger partial charge in [-0.2, -0.15) is 5.10 Å². The van der Waals surface area contributed by atoms with Crippen molar-refractivity contribution in [1.29, 1.82) is 0 Å². The molecule has 1 atom stereocenters. The number of benzene rings is 1. The number of rotatable bonds is 4. The van der Waals surface area contributed by atoms with Crippen LogP contribution in [0.25, 0.3) is 11.3 Å². The molecule has 7 heteroatoms. The zero-order valence-electron chi connectivity index (χ0n) is 15.3. The summed E-state index contributed by atoms with van der Waals surface area (Å²) in [5.41, 5.74) is 8.93. The number of carbonyl (C=O) groups excluding carboxylic acids is 2. The highest BCUT2D eigenvalue weighted by atomic mass is 16.2. The largest absolute Gasteiger partial charge is 0.366 e. The average Bonchev–Trinajstić information content (AvgIpc) is 3.28. The number of nitrogens with two attached hydrogens (primary N) is 1. The van der Waals surface area contributed by atoms with Crippen molar-refractivity contribution in [2.75, 3.05) is 13.1 Å². The standard InChI is InChI=1S/C21H21N5O2/c22-20(27)15-5-1-4-14(12-15)17-7-2-8-18(24-17)16-6-3-11-26(13-16)21(28)19-9-10-23-25-19/h1-2,4-5,7-10,12,16H,3,6,11,13H2,(H2,22,27)(H,23,25)/t16-/m1/s1. The molecule has 1 saturated heterocycles. The van der Waals surface area contributed by atoms with Crippen molar-refractivity contribution in [2.45, 2.75) is 18.8 Å². The van der Waals surface area contributed by atoms with Crippen molar-refractivity contribution in [2.24, 2.45) is 5.73 Å². The normalized spacial score (nSPS) is 16.7. The first-order valence-corrected chi connectivity index (χ1v) is 9.27. The van der Waals surface area contributed by atoms with Crippen LogP contribution in [0.15, 0.2) is 54.7 Å². The van der Waals surface area contributed by atoms with Crippen molar-refractivity contribution >= 4 is 11.8 Å². The van der Waals surface area contributed by atoms with Gasteiger partial charge < -0.3 is 10.6 Å². The number of primary amides is 1. The van der Waals surface area contributed by atoms with E-state index in [0.717, 1.165) is 36.3 Å². The van der Waals surface area contributed by atoms with Crippen LogP contribution < -0.4 is 5.73 Å². The highest BCUT2D eigenvalue weighted by Crippen LogP contribution is 2.28. The fourth-order valence-electron chi connectivity index (χ4n) is 3.62. The zero-order valence-corrected chi connectivity index (χ0v) is 15.3. The van der Waals surface area contributed by atoms with Gasteiger partial charge in [-0.15, -0.1) is 0 Å². The summed E-state index contributed by atoms with van der Waals surface area (Å²) in [7, 11) is 0. The number of nitrogens with one attached hydrogen (secondary N) is 1. The molecule has 2 aromatic heterocycles. The van der Waals surface area contributed by atoms with E-state index in [2.05, 4.69) is 10.2 Å². The van der Waals surface area contributed by atoms with E-state index in [1.165, 1.54) is 0 Å². The molecule has 4 rings (SSSR count). The molecule has 2 amide bonds. The molecular formula is C21H21N5O2. The van der Waals surface area contributed by atoms with E-state index in [1.807, 2.05) is 29.2 Å². The lowest BCUT2D eigenvalue weighted by molar-refractivity contribution is 0.0699. The van der Waals surface area contributed by atoms with Gasteiger partial charge in [0.2, 0.25) is 5.91 Å². The van der Waals surface area contributed by atoms with Gasteiger partial charge in [-0.05, 0) is 43.2 Å². The molecule has 0 spiro atoms. The first-order chi connectivity index (χ1) is 13.6. The van der Waals surface area contributed by atoms with Gasteiger partial charge in [0.25, 0.3) is 5.91 Å². The number of carbonyl (C=O) groups is 2. The summed E-state index contributed by atoms with van der Waals surface area (Å²) in [6, 6.07) is 14.7. The van der Waals surface area contributed by atoms with Gasteiger partial charge in [-0.1, -0.05) is 18.2 Å². The summed E-state index contributed by atoms with van der Waals surface area (Å²) in [6.45, 7) is 1.35. The fraction of sp³-hybridized carbons (Fsp3) is 0.238. The minimum absolute atomic E-state index is 0.0347. The first-order valence-electron chi connectivity index (χ1n) is 9.27. The Morgan fingerprint density at radius 2 is 2.00 bits per heavy atom. The summed E-state index contributed by atoms with van der Waals surface area (Å²) in [6.07, 6.45) is 3.48. The van der Waals surface area contributed by atoms with E-state index in [1.54, 1.807) is 30.5 Å². The Morgan fingerprint density at radius 1 is 1.14 bits per heavy atom. The summed E-state index contributed by atoms with van der Waals surface area (Å²) >= 11 is 0. The molecule has 3 heterocycles. The molecule has 1 aromatic carbocycles. The Hall–Kier alpha value is -3.48. The van der Waals surface area contributed by atoms with Crippen LogP contribution in [0, 0.1) is 0 Å². The SMILES string of the molecule is NC(=O)c1cccc(-c2cccc([C@@H]3CCCN(C(=O)c4ccn[nH]4)C3)n2)c1. The molecule has 7 nitrogen and oxygen atoms in total. The molecule has 3 aromatic rings. The fourth-order valence-corrected chi connectivity index (χ4v) is 3.62. The topological polar surface area (TPSA) is 105 Å². The van der Waals surface area contributed by atoms with Crippen LogP contribution >= 0.6 is 0 Å². The Kier molecular flexibility index (Phi) is 4.89. The number of hydrogen-bond donors (Lipinski definition) is 2. The van der Waals surface area contributed by atoms with Crippen molar-refractivity contribution < 1.29 is 9.59 Å². The van der Waals surface area contributed by atoms with E-state index in [-0.39, 0.29) is 11.8 Å². The summed E-state index contributed by atoms with van der Waals surface area (Å²) in [5, 5.41) is 6.60. The molecule has 0 aliphatic carbocycles. The molecule has 0 bridgehead atoms. The minimum Gasteiger partial charge on any atom is -0.366 e. The van der Waals surface area contributed by atoms with Gasteiger partial charge in [0.15, 0.2) is 0 Å². The molecule has 0 unspecified atom stereocenters. The number of likely N-dealkylation sites (tertiary alicyclic amines) is 1. The second kappa shape index (κ2) is 7.64. The third kappa shape index (κ3) is 3.64. The monoisotopic (exact) mass is 375 g/mol. The third-order valence-electron chi connectivity index (χ3n) is 5.07. The van der Waals surface area contributed by atoms with Crippen molar-refractivity contribution in [1.82, 2.24) is 20.1 Å². The predicted octanol–water partition coefficient (Wildman–Crippen LogP) is 2.59. The number of H-pyrrole nitrogens is 1. The maximum Gasteiger partial charge on any atom is 0.271 e. The van der Waals surface area contributed by atoms with Gasteiger partial charge in [-0.25, -0.2) is 0 Å². The smallest absolute Gasteiger partial charge is 0.271 e. The van der Waals surface area contributed by atoms with Crippen LogP contribution in [-0.2, 0) is 0 Å². The quantitative estimate of drug-likeness (QED) is 0.731. The Morgan fingerprint density at radius 3 is 2.79 bits per heavy atom. The number of nitrogens with zero attached hydrogens (tertiary/aromatic N) is 3. The van der Waals surface area contributed by atoms with Crippen LogP contribution in [0.2, 0.25) is 0 Å². The molecule has 1 fully saturated rings. The van der Waals surface area contributed by atoms with Crippen molar-refractivity contribution in [3.05, 3.63) is 71.7 Å². The molecule has 0 radical (unpaired) electrons. The molecule has 1 aliphatic heterocycles. The molecular weight excluding hydrogens is 354 g/mol. The van der Waals surface area contributed by atoms with Crippen LogP contribution in [0.3, 0.4) is 0 Å². The van der Waals surface area contributed by atoms with E-state index >= 15 is 0 Å². The number of pyridine rings is 1. The first kappa shape index (κ1) is 17.9. The van der Waals surface area contributed by atoms with Crippen molar-refractivity contribution in [3.8, 4) is 11.3 Å². The lowest BCUT2D eigenvalue weighted by atomic mass is 9.93. The van der Waals surface area contributed by atoms with E-state index in [4.69, 9.17) is 10.7 Å². The van der Waals surface area contributed by atoms with E-state index in [0.29, 0.717) is 17.8 Å². The number of aromatic amines is 1. The minimum atomic E-state index is -0.460. The molecule has 3 N–H and O–H groups in total. The predicted molar refractivity (Wildman–Crippen MR) is 105 cm³/mol. The highest BCUT2D eigenvalue weighted by Gasteiger charge is 2.27. The summed E-state index contributed by atoms with van der Waals surface area (Å²) in [5.74, 6) is -0.328. The zero-order chi connectivity index (χ0) is 19.5. The van der Waals surface area contributed by atoms with Crippen LogP contribution in [-0.4, -0.2) is 45.0 Å². The van der Waals surface area contributed by atoms with Crippen LogP contribution in [0.4, 0.5) is 0 Å². The second-order valence-electron chi connectivity index (χ2n) is 6.95. The Balaban J connectivity index is 1.56. The molecule has 0 saturated carbocycles. The van der Waals surface area contributed by atoms with Crippen molar-refractivity contribution in [3.63, 3.8) is 0 Å². The van der Waals surface area contributed by atoms with Gasteiger partial charge >= 0.3 is 0 Å². The maximum absolute atomic E-state index is 12.6. The molecule has 142 valence electrons. The summed E-state index contributed by atoms with van der Waals surface area (Å²) < 4.78 is 0. The lowest BCUT2D eigenvalue weighted by Gasteiger charge is -2.32. The molecule has 1 aliphatic rings. The third-order valence-corrected chi connectivity index (χ3v) is 5.07. The average molecular weight is 375 g/mol. The lowest BCUT2D eigenvalue weighted by Crippen LogP contribution is -2.39. The number of hydrogen-bond acceptors (Lipinski definition) is 4. The Labute approximate surface area is 162 Å². The number of amides is 2. The van der Waals surface area contributed by atoms with Gasteiger partial charge in [0, 0.05) is 42.0 Å². The van der Waals surface area contributed by atoms with Gasteiger partial charge in [0.05, 0.1) is 5.69 Å². The Bertz CT molecular complexity index is 1000. The van der Waals surface area contributed by atoms with E-state index < -0.39 is 5.91 Å². The highest BCUT2D eigenvalue weighted by molar-refractivity contribution is 5.94. The van der Waals surface area contributed by atoms with Crippen LogP contribution in [0.5, 0.6) is 0 Å². The van der Waals surface area contributed by atoms with Gasteiger partial charge in [-0.3, -0.25) is 19.7 Å². The summed E-state index contributed by atoms with van der Waals surface area (Å²) in [4.78, 5) is 30.7. The second-order valence-corrected chi connectivity index (χ2v) is 6.95. The van der Waals surface area contributed by atoms with E-state index in [9.17, 15) is 9.59 Å². The number of aromatic nitrogens is 3.